The number of nitrogens with one attached hydrogen (secondary N) is 1. The van der Waals surface area contributed by atoms with Crippen LogP contribution in [-0.2, 0) is 0 Å². The van der Waals surface area contributed by atoms with Gasteiger partial charge < -0.3 is 0 Å². The number of nitro groups is 1. The molecule has 0 aliphatic heterocycles. The van der Waals surface area contributed by atoms with E-state index in [-0.39, 0.29) is 11.4 Å². The standard InChI is InChI=1S/C8H6N4O2/c13-12(14)7-5-10-11-8(7)6-3-1-2-4-9-6/h1-5H,(H,10,11). The van der Waals surface area contributed by atoms with Crippen LogP contribution in [0, 0.1) is 10.1 Å². The van der Waals surface area contributed by atoms with Gasteiger partial charge in [0.2, 0.25) is 0 Å². The maximum Gasteiger partial charge on any atom is 0.316 e. The molecular weight excluding hydrogens is 184 g/mol. The number of rotatable bonds is 2. The Morgan fingerprint density at radius 1 is 1.43 bits per heavy atom. The molecule has 14 heavy (non-hydrogen) atoms. The lowest BCUT2D eigenvalue weighted by Crippen LogP contribution is -1.90. The predicted molar refractivity (Wildman–Crippen MR) is 48.5 cm³/mol. The molecule has 0 radical (unpaired) electrons. The first-order valence-electron chi connectivity index (χ1n) is 3.88. The van der Waals surface area contributed by atoms with E-state index >= 15 is 0 Å². The molecule has 0 atom stereocenters. The molecule has 1 N–H and O–H groups in total. The maximum absolute atomic E-state index is 10.6. The number of aromatic nitrogens is 3. The van der Waals surface area contributed by atoms with Crippen molar-refractivity contribution in [3.63, 3.8) is 0 Å². The first-order valence-corrected chi connectivity index (χ1v) is 3.88. The number of H-pyrrole nitrogens is 1. The fourth-order valence-corrected chi connectivity index (χ4v) is 1.11. The highest BCUT2D eigenvalue weighted by Gasteiger charge is 2.18. The zero-order valence-electron chi connectivity index (χ0n) is 7.04. The van der Waals surface area contributed by atoms with Crippen molar-refractivity contribution in [2.45, 2.75) is 0 Å². The lowest BCUT2D eigenvalue weighted by Gasteiger charge is -1.93. The third-order valence-corrected chi connectivity index (χ3v) is 1.72. The van der Waals surface area contributed by atoms with E-state index in [1.54, 1.807) is 24.4 Å². The summed E-state index contributed by atoms with van der Waals surface area (Å²) in [5, 5.41) is 16.8. The van der Waals surface area contributed by atoms with Crippen molar-refractivity contribution in [1.82, 2.24) is 15.2 Å². The van der Waals surface area contributed by atoms with E-state index < -0.39 is 4.92 Å². The van der Waals surface area contributed by atoms with Gasteiger partial charge in [-0.25, -0.2) is 0 Å². The Hall–Kier alpha value is -2.24. The first kappa shape index (κ1) is 8.36. The van der Waals surface area contributed by atoms with Gasteiger partial charge in [-0.1, -0.05) is 6.07 Å². The van der Waals surface area contributed by atoms with E-state index in [4.69, 9.17) is 0 Å². The first-order chi connectivity index (χ1) is 6.79. The molecule has 70 valence electrons. The van der Waals surface area contributed by atoms with Crippen LogP contribution in [0.2, 0.25) is 0 Å². The third-order valence-electron chi connectivity index (χ3n) is 1.72. The van der Waals surface area contributed by atoms with Crippen LogP contribution >= 0.6 is 0 Å². The maximum atomic E-state index is 10.6. The second-order valence-corrected chi connectivity index (χ2v) is 2.59. The van der Waals surface area contributed by atoms with Crippen molar-refractivity contribution < 1.29 is 4.92 Å². The van der Waals surface area contributed by atoms with Crippen molar-refractivity contribution >= 4 is 5.69 Å². The van der Waals surface area contributed by atoms with Gasteiger partial charge in [0.1, 0.15) is 6.20 Å². The fourth-order valence-electron chi connectivity index (χ4n) is 1.11. The van der Waals surface area contributed by atoms with Gasteiger partial charge in [-0.05, 0) is 12.1 Å². The Kier molecular flexibility index (Phi) is 1.94. The molecule has 0 amide bonds. The lowest BCUT2D eigenvalue weighted by atomic mass is 10.2. The van der Waals surface area contributed by atoms with E-state index in [1.807, 2.05) is 0 Å². The Balaban J connectivity index is 2.52. The SMILES string of the molecule is O=[N+]([O-])c1c[nH]nc1-c1ccccn1. The molecule has 6 nitrogen and oxygen atoms in total. The van der Waals surface area contributed by atoms with Crippen molar-refractivity contribution in [1.29, 1.82) is 0 Å². The minimum atomic E-state index is -0.493. The highest BCUT2D eigenvalue weighted by atomic mass is 16.6. The quantitative estimate of drug-likeness (QED) is 0.572. The second kappa shape index (κ2) is 3.25. The van der Waals surface area contributed by atoms with Gasteiger partial charge in [-0.2, -0.15) is 5.10 Å². The van der Waals surface area contributed by atoms with Gasteiger partial charge in [0.05, 0.1) is 10.6 Å². The zero-order valence-corrected chi connectivity index (χ0v) is 7.04. The number of hydrogen-bond donors (Lipinski definition) is 1. The van der Waals surface area contributed by atoms with Gasteiger partial charge in [-0.15, -0.1) is 0 Å². The topological polar surface area (TPSA) is 84.7 Å². The predicted octanol–water partition coefficient (Wildman–Crippen LogP) is 1.38. The van der Waals surface area contributed by atoms with Crippen molar-refractivity contribution in [3.8, 4) is 11.4 Å². The molecule has 0 saturated heterocycles. The van der Waals surface area contributed by atoms with Crippen LogP contribution in [0.25, 0.3) is 11.4 Å². The highest BCUT2D eigenvalue weighted by Crippen LogP contribution is 2.24. The zero-order chi connectivity index (χ0) is 9.97. The molecule has 0 saturated carbocycles. The van der Waals surface area contributed by atoms with Crippen LogP contribution in [0.15, 0.2) is 30.6 Å². The summed E-state index contributed by atoms with van der Waals surface area (Å²) in [6.07, 6.45) is 2.80. The van der Waals surface area contributed by atoms with Gasteiger partial charge in [0.15, 0.2) is 5.69 Å². The minimum Gasteiger partial charge on any atom is -0.278 e. The highest BCUT2D eigenvalue weighted by molar-refractivity contribution is 5.64. The lowest BCUT2D eigenvalue weighted by molar-refractivity contribution is -0.384. The molecule has 6 heteroatoms. The van der Waals surface area contributed by atoms with Crippen LogP contribution in [0.1, 0.15) is 0 Å². The molecule has 0 aliphatic carbocycles. The second-order valence-electron chi connectivity index (χ2n) is 2.59. The summed E-state index contributed by atoms with van der Waals surface area (Å²) in [5.41, 5.74) is 0.680. The average molecular weight is 190 g/mol. The molecule has 2 heterocycles. The summed E-state index contributed by atoms with van der Waals surface area (Å²) in [7, 11) is 0. The molecule has 0 fully saturated rings. The Labute approximate surface area is 78.8 Å². The van der Waals surface area contributed by atoms with Crippen molar-refractivity contribution in [2.24, 2.45) is 0 Å². The van der Waals surface area contributed by atoms with Crippen LogP contribution in [0.5, 0.6) is 0 Å². The van der Waals surface area contributed by atoms with E-state index in [9.17, 15) is 10.1 Å². The monoisotopic (exact) mass is 190 g/mol. The summed E-state index contributed by atoms with van der Waals surface area (Å²) in [5.74, 6) is 0. The van der Waals surface area contributed by atoms with Crippen molar-refractivity contribution in [3.05, 3.63) is 40.7 Å². The molecule has 2 aromatic rings. The third kappa shape index (κ3) is 1.33. The average Bonchev–Trinajstić information content (AvgIpc) is 2.67. The molecule has 0 spiro atoms. The summed E-state index contributed by atoms with van der Waals surface area (Å²) in [6, 6.07) is 5.16. The van der Waals surface area contributed by atoms with Gasteiger partial charge in [0.25, 0.3) is 0 Å². The molecule has 0 unspecified atom stereocenters. The van der Waals surface area contributed by atoms with Gasteiger partial charge >= 0.3 is 5.69 Å². The number of hydrogen-bond acceptors (Lipinski definition) is 4. The Morgan fingerprint density at radius 3 is 2.93 bits per heavy atom. The largest absolute Gasteiger partial charge is 0.316 e. The van der Waals surface area contributed by atoms with E-state index in [2.05, 4.69) is 15.2 Å². The Morgan fingerprint density at radius 2 is 2.29 bits per heavy atom. The smallest absolute Gasteiger partial charge is 0.278 e. The van der Waals surface area contributed by atoms with Crippen LogP contribution in [-0.4, -0.2) is 20.1 Å². The summed E-state index contributed by atoms with van der Waals surface area (Å²) >= 11 is 0. The van der Waals surface area contributed by atoms with Gasteiger partial charge in [-0.3, -0.25) is 20.2 Å². The number of aromatic amines is 1. The van der Waals surface area contributed by atoms with Crippen LogP contribution in [0.4, 0.5) is 5.69 Å². The molecule has 2 aromatic heterocycles. The molecule has 0 aromatic carbocycles. The Bertz CT molecular complexity index is 451. The fraction of sp³-hybridized carbons (Fsp3) is 0. The summed E-state index contributed by atoms with van der Waals surface area (Å²) in [6.45, 7) is 0. The van der Waals surface area contributed by atoms with E-state index in [0.717, 1.165) is 0 Å². The van der Waals surface area contributed by atoms with Crippen LogP contribution in [0.3, 0.4) is 0 Å². The molecular formula is C8H6N4O2. The molecule has 2 rings (SSSR count). The van der Waals surface area contributed by atoms with E-state index in [0.29, 0.717) is 5.69 Å². The number of nitrogens with zero attached hydrogens (tertiary/aromatic N) is 3. The van der Waals surface area contributed by atoms with Gasteiger partial charge in [0, 0.05) is 6.20 Å². The summed E-state index contributed by atoms with van der Waals surface area (Å²) < 4.78 is 0. The molecule has 0 aliphatic rings. The van der Waals surface area contributed by atoms with Crippen LogP contribution < -0.4 is 0 Å². The normalized spacial score (nSPS) is 10.0. The minimum absolute atomic E-state index is 0.0660. The van der Waals surface area contributed by atoms with E-state index in [1.165, 1.54) is 6.20 Å². The van der Waals surface area contributed by atoms with Crippen molar-refractivity contribution in [2.75, 3.05) is 0 Å². The number of pyridine rings is 1. The summed E-state index contributed by atoms with van der Waals surface area (Å²) in [4.78, 5) is 14.1. The molecule has 0 bridgehead atoms.